The van der Waals surface area contributed by atoms with Crippen molar-refractivity contribution in [2.45, 2.75) is 52.1 Å². The Morgan fingerprint density at radius 3 is 3.06 bits per heavy atom. The van der Waals surface area contributed by atoms with E-state index in [-0.39, 0.29) is 0 Å². The van der Waals surface area contributed by atoms with Gasteiger partial charge in [0, 0.05) is 18.8 Å². The molecule has 2 rings (SSSR count). The van der Waals surface area contributed by atoms with Crippen molar-refractivity contribution in [2.75, 3.05) is 6.54 Å². The summed E-state index contributed by atoms with van der Waals surface area (Å²) in [6.45, 7) is 6.42. The topological polar surface area (TPSA) is 29.9 Å². The maximum Gasteiger partial charge on any atom is 0.0534 e. The third-order valence-electron chi connectivity index (χ3n) is 3.69. The van der Waals surface area contributed by atoms with Crippen molar-refractivity contribution in [3.63, 3.8) is 0 Å². The third-order valence-corrected chi connectivity index (χ3v) is 3.69. The highest BCUT2D eigenvalue weighted by molar-refractivity contribution is 4.99. The van der Waals surface area contributed by atoms with Crippen LogP contribution in [0.4, 0.5) is 0 Å². The van der Waals surface area contributed by atoms with E-state index in [1.807, 2.05) is 10.9 Å². The maximum atomic E-state index is 4.30. The molecule has 1 aromatic rings. The van der Waals surface area contributed by atoms with Gasteiger partial charge in [-0.15, -0.1) is 0 Å². The molecule has 16 heavy (non-hydrogen) atoms. The number of aromatic nitrogens is 2. The van der Waals surface area contributed by atoms with Crippen LogP contribution >= 0.6 is 0 Å². The molecule has 2 atom stereocenters. The van der Waals surface area contributed by atoms with Crippen molar-refractivity contribution in [2.24, 2.45) is 5.92 Å². The van der Waals surface area contributed by atoms with E-state index >= 15 is 0 Å². The summed E-state index contributed by atoms with van der Waals surface area (Å²) in [4.78, 5) is 0. The van der Waals surface area contributed by atoms with Crippen LogP contribution in [0.1, 0.15) is 38.2 Å². The lowest BCUT2D eigenvalue weighted by atomic mass is 10.0. The van der Waals surface area contributed by atoms with Gasteiger partial charge in [0.15, 0.2) is 0 Å². The van der Waals surface area contributed by atoms with E-state index < -0.39 is 0 Å². The average Bonchev–Trinajstić information content (AvgIpc) is 2.87. The molecule has 0 radical (unpaired) electrons. The molecule has 3 nitrogen and oxygen atoms in total. The van der Waals surface area contributed by atoms with Crippen molar-refractivity contribution in [1.29, 1.82) is 0 Å². The largest absolute Gasteiger partial charge is 0.312 e. The van der Waals surface area contributed by atoms with E-state index in [4.69, 9.17) is 0 Å². The summed E-state index contributed by atoms with van der Waals surface area (Å²) >= 11 is 0. The van der Waals surface area contributed by atoms with Crippen LogP contribution in [0.2, 0.25) is 0 Å². The van der Waals surface area contributed by atoms with Crippen LogP contribution in [0, 0.1) is 12.8 Å². The Kier molecular flexibility index (Phi) is 3.99. The molecule has 0 aliphatic heterocycles. The average molecular weight is 221 g/mol. The number of hydrogen-bond acceptors (Lipinski definition) is 2. The lowest BCUT2D eigenvalue weighted by Gasteiger charge is -2.19. The van der Waals surface area contributed by atoms with Gasteiger partial charge in [0.05, 0.1) is 12.7 Å². The minimum Gasteiger partial charge on any atom is -0.312 e. The van der Waals surface area contributed by atoms with Gasteiger partial charge < -0.3 is 5.32 Å². The number of rotatable bonds is 5. The lowest BCUT2D eigenvalue weighted by Crippen LogP contribution is -2.34. The predicted molar refractivity (Wildman–Crippen MR) is 66.4 cm³/mol. The Hall–Kier alpha value is -0.830. The monoisotopic (exact) mass is 221 g/mol. The van der Waals surface area contributed by atoms with Crippen molar-refractivity contribution in [3.8, 4) is 0 Å². The van der Waals surface area contributed by atoms with E-state index in [2.05, 4.69) is 30.5 Å². The van der Waals surface area contributed by atoms with Crippen molar-refractivity contribution in [1.82, 2.24) is 15.1 Å². The zero-order valence-electron chi connectivity index (χ0n) is 10.4. The summed E-state index contributed by atoms with van der Waals surface area (Å²) in [6.07, 6.45) is 9.51. The quantitative estimate of drug-likeness (QED) is 0.827. The molecule has 1 aliphatic carbocycles. The molecule has 1 heterocycles. The fraction of sp³-hybridized carbons (Fsp3) is 0.769. The highest BCUT2D eigenvalue weighted by Gasteiger charge is 2.24. The van der Waals surface area contributed by atoms with Crippen LogP contribution in [-0.2, 0) is 6.54 Å². The first kappa shape index (κ1) is 11.6. The summed E-state index contributed by atoms with van der Waals surface area (Å²) in [7, 11) is 0. The van der Waals surface area contributed by atoms with Crippen LogP contribution in [0.3, 0.4) is 0 Å². The van der Waals surface area contributed by atoms with E-state index in [1.54, 1.807) is 0 Å². The fourth-order valence-electron chi connectivity index (χ4n) is 2.75. The molecule has 1 fully saturated rings. The normalized spacial score (nSPS) is 25.1. The van der Waals surface area contributed by atoms with Crippen LogP contribution < -0.4 is 5.32 Å². The second-order valence-electron chi connectivity index (χ2n) is 4.94. The molecular weight excluding hydrogens is 198 g/mol. The summed E-state index contributed by atoms with van der Waals surface area (Å²) in [5, 5.41) is 7.98. The second kappa shape index (κ2) is 5.48. The smallest absolute Gasteiger partial charge is 0.0534 e. The Balaban J connectivity index is 1.71. The summed E-state index contributed by atoms with van der Waals surface area (Å²) in [5.74, 6) is 0.902. The maximum absolute atomic E-state index is 4.30. The Labute approximate surface area is 98.2 Å². The molecule has 1 aliphatic rings. The summed E-state index contributed by atoms with van der Waals surface area (Å²) < 4.78 is 2.03. The first-order chi connectivity index (χ1) is 7.79. The van der Waals surface area contributed by atoms with E-state index in [0.29, 0.717) is 0 Å². The van der Waals surface area contributed by atoms with Gasteiger partial charge in [-0.05, 0) is 31.2 Å². The van der Waals surface area contributed by atoms with Gasteiger partial charge in [-0.3, -0.25) is 4.68 Å². The molecule has 90 valence electrons. The van der Waals surface area contributed by atoms with Gasteiger partial charge >= 0.3 is 0 Å². The van der Waals surface area contributed by atoms with Gasteiger partial charge in [-0.25, -0.2) is 0 Å². The predicted octanol–water partition coefficient (Wildman–Crippen LogP) is 2.36. The van der Waals surface area contributed by atoms with Crippen LogP contribution in [0.25, 0.3) is 0 Å². The van der Waals surface area contributed by atoms with Crippen LogP contribution in [0.5, 0.6) is 0 Å². The van der Waals surface area contributed by atoms with E-state index in [1.165, 1.54) is 31.2 Å². The SMILES string of the molecule is CCC1CCCC1NCCn1cc(C)cn1. The molecule has 3 heteroatoms. The van der Waals surface area contributed by atoms with Crippen LogP contribution in [-0.4, -0.2) is 22.4 Å². The first-order valence-corrected chi connectivity index (χ1v) is 6.52. The number of aryl methyl sites for hydroxylation is 1. The van der Waals surface area contributed by atoms with Crippen molar-refractivity contribution >= 4 is 0 Å². The summed E-state index contributed by atoms with van der Waals surface area (Å²) in [6, 6.07) is 0.752. The van der Waals surface area contributed by atoms with E-state index in [0.717, 1.165) is 25.0 Å². The highest BCUT2D eigenvalue weighted by Crippen LogP contribution is 2.27. The zero-order valence-corrected chi connectivity index (χ0v) is 10.4. The minimum absolute atomic E-state index is 0.752. The van der Waals surface area contributed by atoms with E-state index in [9.17, 15) is 0 Å². The Morgan fingerprint density at radius 2 is 2.38 bits per heavy atom. The van der Waals surface area contributed by atoms with Crippen molar-refractivity contribution < 1.29 is 0 Å². The number of nitrogens with zero attached hydrogens (tertiary/aromatic N) is 2. The van der Waals surface area contributed by atoms with Gasteiger partial charge in [0.25, 0.3) is 0 Å². The second-order valence-corrected chi connectivity index (χ2v) is 4.94. The lowest BCUT2D eigenvalue weighted by molar-refractivity contribution is 0.380. The Bertz CT molecular complexity index is 319. The zero-order chi connectivity index (χ0) is 11.4. The standard InChI is InChI=1S/C13H23N3/c1-3-12-5-4-6-13(12)14-7-8-16-10-11(2)9-15-16/h9-10,12-14H,3-8H2,1-2H3. The minimum atomic E-state index is 0.752. The fourth-order valence-corrected chi connectivity index (χ4v) is 2.75. The molecular formula is C13H23N3. The van der Waals surface area contributed by atoms with Crippen molar-refractivity contribution in [3.05, 3.63) is 18.0 Å². The third kappa shape index (κ3) is 2.85. The van der Waals surface area contributed by atoms with Gasteiger partial charge in [0.2, 0.25) is 0 Å². The first-order valence-electron chi connectivity index (χ1n) is 6.52. The summed E-state index contributed by atoms with van der Waals surface area (Å²) in [5.41, 5.74) is 1.24. The molecule has 0 bridgehead atoms. The number of hydrogen-bond donors (Lipinski definition) is 1. The van der Waals surface area contributed by atoms with Crippen LogP contribution in [0.15, 0.2) is 12.4 Å². The molecule has 0 saturated heterocycles. The molecule has 2 unspecified atom stereocenters. The molecule has 0 aromatic carbocycles. The molecule has 0 amide bonds. The molecule has 0 spiro atoms. The Morgan fingerprint density at radius 1 is 1.50 bits per heavy atom. The highest BCUT2D eigenvalue weighted by atomic mass is 15.3. The molecule has 1 N–H and O–H groups in total. The number of nitrogens with one attached hydrogen (secondary N) is 1. The van der Waals surface area contributed by atoms with Gasteiger partial charge in [-0.1, -0.05) is 19.8 Å². The molecule has 1 saturated carbocycles. The van der Waals surface area contributed by atoms with Gasteiger partial charge in [0.1, 0.15) is 0 Å². The van der Waals surface area contributed by atoms with Gasteiger partial charge in [-0.2, -0.15) is 5.10 Å². The molecule has 1 aromatic heterocycles.